The molecule has 0 saturated carbocycles. The molecular weight excluding hydrogens is 188 g/mol. The van der Waals surface area contributed by atoms with E-state index >= 15 is 0 Å². The highest BCUT2D eigenvalue weighted by molar-refractivity contribution is 7.80. The van der Waals surface area contributed by atoms with E-state index in [0.29, 0.717) is 0 Å². The van der Waals surface area contributed by atoms with E-state index in [2.05, 4.69) is 0 Å². The van der Waals surface area contributed by atoms with Crippen molar-refractivity contribution >= 4 is 17.0 Å². The first kappa shape index (κ1) is 9.08. The molecule has 1 aromatic rings. The Hall–Kier alpha value is -1.01. The number of hydrogen-bond acceptors (Lipinski definition) is 1. The fourth-order valence-corrected chi connectivity index (χ4v) is 1.05. The van der Waals surface area contributed by atoms with Gasteiger partial charge in [0.1, 0.15) is 17.3 Å². The molecule has 0 saturated heterocycles. The lowest BCUT2D eigenvalue weighted by Crippen LogP contribution is -2.05. The smallest absolute Gasteiger partial charge is 0.259 e. The van der Waals surface area contributed by atoms with Crippen molar-refractivity contribution in [3.8, 4) is 0 Å². The fraction of sp³-hybridized carbons (Fsp3) is 0. The monoisotopic (exact) mass is 193 g/mol. The van der Waals surface area contributed by atoms with E-state index in [9.17, 15) is 13.0 Å². The summed E-state index contributed by atoms with van der Waals surface area (Å²) in [6.07, 6.45) is 0. The van der Waals surface area contributed by atoms with Crippen molar-refractivity contribution in [2.45, 2.75) is 0 Å². The van der Waals surface area contributed by atoms with Gasteiger partial charge in [0, 0.05) is 0 Å². The molecule has 66 valence electrons. The summed E-state index contributed by atoms with van der Waals surface area (Å²) in [5.74, 6) is -1.81. The molecule has 0 aromatic heterocycles. The van der Waals surface area contributed by atoms with Crippen LogP contribution in [0.5, 0.6) is 0 Å². The SMILES string of the molecule is O=S(O)Nc1c(F)cccc1F. The van der Waals surface area contributed by atoms with Gasteiger partial charge in [-0.1, -0.05) is 6.07 Å². The molecule has 0 aliphatic heterocycles. The molecule has 1 atom stereocenters. The van der Waals surface area contributed by atoms with Crippen molar-refractivity contribution in [2.24, 2.45) is 0 Å². The van der Waals surface area contributed by atoms with Gasteiger partial charge in [-0.15, -0.1) is 0 Å². The quantitative estimate of drug-likeness (QED) is 0.699. The zero-order chi connectivity index (χ0) is 9.14. The average molecular weight is 193 g/mol. The van der Waals surface area contributed by atoms with Crippen LogP contribution in [-0.4, -0.2) is 8.76 Å². The third-order valence-electron chi connectivity index (χ3n) is 1.15. The maximum Gasteiger partial charge on any atom is 0.259 e. The van der Waals surface area contributed by atoms with Crippen LogP contribution in [0.2, 0.25) is 0 Å². The number of para-hydroxylation sites is 1. The van der Waals surface area contributed by atoms with Crippen molar-refractivity contribution in [2.75, 3.05) is 4.72 Å². The number of benzene rings is 1. The van der Waals surface area contributed by atoms with Gasteiger partial charge < -0.3 is 0 Å². The lowest BCUT2D eigenvalue weighted by Gasteiger charge is -2.02. The highest BCUT2D eigenvalue weighted by Crippen LogP contribution is 2.17. The van der Waals surface area contributed by atoms with Gasteiger partial charge in [0.25, 0.3) is 11.3 Å². The van der Waals surface area contributed by atoms with Crippen LogP contribution in [0.1, 0.15) is 0 Å². The summed E-state index contributed by atoms with van der Waals surface area (Å²) in [5.41, 5.74) is -0.599. The maximum atomic E-state index is 12.7. The first-order valence-electron chi connectivity index (χ1n) is 2.93. The van der Waals surface area contributed by atoms with Gasteiger partial charge in [-0.3, -0.25) is 9.27 Å². The molecule has 0 heterocycles. The Labute approximate surface area is 69.8 Å². The molecule has 1 rings (SSSR count). The summed E-state index contributed by atoms with van der Waals surface area (Å²) < 4.78 is 45.5. The predicted octanol–water partition coefficient (Wildman–Crippen LogP) is 1.51. The molecule has 1 aromatic carbocycles. The van der Waals surface area contributed by atoms with Crippen LogP contribution in [0.15, 0.2) is 18.2 Å². The van der Waals surface area contributed by atoms with Crippen LogP contribution in [-0.2, 0) is 11.3 Å². The minimum Gasteiger partial charge on any atom is -0.289 e. The molecule has 0 amide bonds. The molecular formula is C6H5F2NO2S. The largest absolute Gasteiger partial charge is 0.289 e. The zero-order valence-corrected chi connectivity index (χ0v) is 6.57. The average Bonchev–Trinajstić information content (AvgIpc) is 1.97. The van der Waals surface area contributed by atoms with Gasteiger partial charge in [-0.2, -0.15) is 0 Å². The van der Waals surface area contributed by atoms with Crippen LogP contribution in [0.3, 0.4) is 0 Å². The fourth-order valence-electron chi connectivity index (χ4n) is 0.683. The minimum absolute atomic E-state index is 0.599. The molecule has 0 radical (unpaired) electrons. The van der Waals surface area contributed by atoms with Gasteiger partial charge in [-0.25, -0.2) is 13.0 Å². The van der Waals surface area contributed by atoms with Crippen LogP contribution in [0, 0.1) is 11.6 Å². The van der Waals surface area contributed by atoms with Crippen molar-refractivity contribution in [3.63, 3.8) is 0 Å². The second kappa shape index (κ2) is 3.59. The Kier molecular flexibility index (Phi) is 2.72. The lowest BCUT2D eigenvalue weighted by atomic mass is 10.3. The molecule has 0 aliphatic carbocycles. The van der Waals surface area contributed by atoms with E-state index < -0.39 is 28.6 Å². The van der Waals surface area contributed by atoms with Crippen LogP contribution < -0.4 is 4.72 Å². The molecule has 12 heavy (non-hydrogen) atoms. The zero-order valence-electron chi connectivity index (χ0n) is 5.75. The van der Waals surface area contributed by atoms with Crippen molar-refractivity contribution in [1.29, 1.82) is 0 Å². The van der Waals surface area contributed by atoms with Crippen molar-refractivity contribution in [1.82, 2.24) is 0 Å². The lowest BCUT2D eigenvalue weighted by molar-refractivity contribution is 0.563. The van der Waals surface area contributed by atoms with Gasteiger partial charge in [-0.05, 0) is 12.1 Å². The number of hydrogen-bond donors (Lipinski definition) is 2. The highest BCUT2D eigenvalue weighted by atomic mass is 32.2. The Bertz CT molecular complexity index is 298. The Morgan fingerprint density at radius 3 is 2.25 bits per heavy atom. The summed E-state index contributed by atoms with van der Waals surface area (Å²) in [7, 11) is 0. The second-order valence-corrected chi connectivity index (χ2v) is 2.65. The number of rotatable bonds is 2. The molecule has 0 aliphatic rings. The first-order chi connectivity index (χ1) is 5.61. The van der Waals surface area contributed by atoms with Crippen LogP contribution in [0.4, 0.5) is 14.5 Å². The van der Waals surface area contributed by atoms with Crippen molar-refractivity contribution in [3.05, 3.63) is 29.8 Å². The highest BCUT2D eigenvalue weighted by Gasteiger charge is 2.08. The van der Waals surface area contributed by atoms with Crippen LogP contribution in [0.25, 0.3) is 0 Å². The van der Waals surface area contributed by atoms with E-state index in [-0.39, 0.29) is 0 Å². The molecule has 3 nitrogen and oxygen atoms in total. The standard InChI is InChI=1S/C6H5F2NO2S/c7-4-2-1-3-5(8)6(4)9-12(10)11/h1-3,9H,(H,10,11). The van der Waals surface area contributed by atoms with Gasteiger partial charge in [0.2, 0.25) is 0 Å². The molecule has 1 unspecified atom stereocenters. The molecule has 0 bridgehead atoms. The number of anilines is 1. The molecule has 2 N–H and O–H groups in total. The third kappa shape index (κ3) is 1.99. The second-order valence-electron chi connectivity index (χ2n) is 1.95. The van der Waals surface area contributed by atoms with Gasteiger partial charge in [0.05, 0.1) is 0 Å². The predicted molar refractivity (Wildman–Crippen MR) is 40.8 cm³/mol. The van der Waals surface area contributed by atoms with Gasteiger partial charge >= 0.3 is 0 Å². The van der Waals surface area contributed by atoms with E-state index in [1.54, 1.807) is 4.72 Å². The Morgan fingerprint density at radius 1 is 1.33 bits per heavy atom. The summed E-state index contributed by atoms with van der Waals surface area (Å²) in [6, 6.07) is 3.13. The third-order valence-corrected chi connectivity index (χ3v) is 1.53. The summed E-state index contributed by atoms with van der Waals surface area (Å²) in [4.78, 5) is 0. The van der Waals surface area contributed by atoms with E-state index in [1.165, 1.54) is 0 Å². The summed E-state index contributed by atoms with van der Waals surface area (Å²) in [5, 5.41) is 0. The summed E-state index contributed by atoms with van der Waals surface area (Å²) in [6.45, 7) is 0. The van der Waals surface area contributed by atoms with Crippen molar-refractivity contribution < 1.29 is 17.5 Å². The van der Waals surface area contributed by atoms with E-state index in [1.807, 2.05) is 0 Å². The Morgan fingerprint density at radius 2 is 1.83 bits per heavy atom. The normalized spacial score (nSPS) is 12.6. The Balaban J connectivity index is 3.04. The van der Waals surface area contributed by atoms with E-state index in [4.69, 9.17) is 4.55 Å². The first-order valence-corrected chi connectivity index (χ1v) is 4.03. The topological polar surface area (TPSA) is 49.3 Å². The minimum atomic E-state index is -2.47. The maximum absolute atomic E-state index is 12.7. The molecule has 0 fully saturated rings. The van der Waals surface area contributed by atoms with Crippen LogP contribution >= 0.6 is 0 Å². The summed E-state index contributed by atoms with van der Waals surface area (Å²) >= 11 is -2.47. The number of nitrogens with one attached hydrogen (secondary N) is 1. The number of halogens is 2. The molecule has 6 heteroatoms. The molecule has 0 spiro atoms. The van der Waals surface area contributed by atoms with E-state index in [0.717, 1.165) is 18.2 Å². The van der Waals surface area contributed by atoms with Gasteiger partial charge in [0.15, 0.2) is 0 Å².